The van der Waals surface area contributed by atoms with Crippen molar-refractivity contribution in [3.8, 4) is 17.4 Å². The van der Waals surface area contributed by atoms with Crippen LogP contribution in [0.1, 0.15) is 31.4 Å². The van der Waals surface area contributed by atoms with Crippen LogP contribution in [0.15, 0.2) is 24.5 Å². The fraction of sp³-hybridized carbons (Fsp3) is 0.435. The maximum Gasteiger partial charge on any atom is 0.265 e. The van der Waals surface area contributed by atoms with E-state index in [1.165, 1.54) is 6.07 Å². The number of pyridine rings is 2. The molecule has 0 bridgehead atoms. The van der Waals surface area contributed by atoms with Gasteiger partial charge in [-0.05, 0) is 31.7 Å². The first kappa shape index (κ1) is 20.2. The molecule has 5 heterocycles. The number of rotatable bonds is 4. The number of hydrogen-bond donors (Lipinski definition) is 2. The third-order valence-corrected chi connectivity index (χ3v) is 6.51. The Kier molecular flexibility index (Phi) is 5.01. The highest BCUT2D eigenvalue weighted by molar-refractivity contribution is 5.98. The monoisotopic (exact) mass is 453 g/mol. The standard InChI is InChI=1S/C23H24FN5O4/c24-13-7-18-23(27-9-13)33-12-20(30)29(18)16-3-1-14(2-4-16)25-10-15-8-17-21(28-15)22-19(11-26-17)31-5-6-32-22/h7-9,11,14,16,25,28H,1-6,10,12H2. The summed E-state index contributed by atoms with van der Waals surface area (Å²) in [5, 5.41) is 3.61. The second-order valence-electron chi connectivity index (χ2n) is 8.62. The van der Waals surface area contributed by atoms with Gasteiger partial charge in [0.05, 0.1) is 17.9 Å². The molecule has 1 amide bonds. The molecule has 0 aromatic carbocycles. The molecule has 3 aliphatic rings. The molecule has 0 atom stereocenters. The number of carbonyl (C=O) groups excluding carboxylic acids is 1. The lowest BCUT2D eigenvalue weighted by Crippen LogP contribution is -2.49. The summed E-state index contributed by atoms with van der Waals surface area (Å²) in [6.45, 7) is 1.68. The van der Waals surface area contributed by atoms with E-state index in [4.69, 9.17) is 14.2 Å². The largest absolute Gasteiger partial charge is 0.484 e. The molecule has 2 aliphatic heterocycles. The Balaban J connectivity index is 1.10. The van der Waals surface area contributed by atoms with Crippen molar-refractivity contribution in [3.63, 3.8) is 0 Å². The summed E-state index contributed by atoms with van der Waals surface area (Å²) < 4.78 is 30.5. The maximum absolute atomic E-state index is 13.8. The maximum atomic E-state index is 13.8. The number of amides is 1. The van der Waals surface area contributed by atoms with Crippen LogP contribution in [0.4, 0.5) is 10.1 Å². The van der Waals surface area contributed by atoms with Gasteiger partial charge in [-0.3, -0.25) is 9.78 Å². The average molecular weight is 453 g/mol. The molecule has 10 heteroatoms. The van der Waals surface area contributed by atoms with Gasteiger partial charge in [0.2, 0.25) is 5.88 Å². The average Bonchev–Trinajstić information content (AvgIpc) is 3.27. The lowest BCUT2D eigenvalue weighted by Gasteiger charge is -2.39. The molecule has 6 rings (SSSR count). The highest BCUT2D eigenvalue weighted by Gasteiger charge is 2.35. The van der Waals surface area contributed by atoms with E-state index in [2.05, 4.69) is 20.3 Å². The van der Waals surface area contributed by atoms with E-state index in [0.29, 0.717) is 43.1 Å². The fourth-order valence-corrected chi connectivity index (χ4v) is 4.95. The molecular weight excluding hydrogens is 429 g/mol. The molecule has 0 radical (unpaired) electrons. The van der Waals surface area contributed by atoms with Gasteiger partial charge in [-0.15, -0.1) is 0 Å². The molecule has 1 fully saturated rings. The normalized spacial score (nSPS) is 22.2. The number of nitrogens with one attached hydrogen (secondary N) is 2. The first-order valence-corrected chi connectivity index (χ1v) is 11.3. The van der Waals surface area contributed by atoms with E-state index in [0.717, 1.165) is 54.4 Å². The third-order valence-electron chi connectivity index (χ3n) is 6.51. The van der Waals surface area contributed by atoms with Gasteiger partial charge in [0.1, 0.15) is 30.2 Å². The van der Waals surface area contributed by atoms with Gasteiger partial charge in [0.25, 0.3) is 5.91 Å². The zero-order valence-corrected chi connectivity index (χ0v) is 18.0. The van der Waals surface area contributed by atoms with Crippen molar-refractivity contribution < 1.29 is 23.4 Å². The summed E-state index contributed by atoms with van der Waals surface area (Å²) in [5.74, 6) is 1.09. The Labute approximate surface area is 189 Å². The van der Waals surface area contributed by atoms with E-state index < -0.39 is 5.82 Å². The van der Waals surface area contributed by atoms with Crippen LogP contribution < -0.4 is 24.4 Å². The number of nitrogens with zero attached hydrogens (tertiary/aromatic N) is 3. The van der Waals surface area contributed by atoms with Crippen molar-refractivity contribution in [3.05, 3.63) is 36.0 Å². The topological polar surface area (TPSA) is 102 Å². The van der Waals surface area contributed by atoms with Gasteiger partial charge in [-0.2, -0.15) is 0 Å². The van der Waals surface area contributed by atoms with Crippen molar-refractivity contribution in [2.45, 2.75) is 44.3 Å². The van der Waals surface area contributed by atoms with E-state index in [9.17, 15) is 9.18 Å². The lowest BCUT2D eigenvalue weighted by atomic mass is 9.89. The van der Waals surface area contributed by atoms with Crippen molar-refractivity contribution in [1.29, 1.82) is 0 Å². The molecule has 172 valence electrons. The van der Waals surface area contributed by atoms with E-state index in [1.807, 2.05) is 6.07 Å². The number of halogens is 1. The molecule has 0 spiro atoms. The molecule has 9 nitrogen and oxygen atoms in total. The summed E-state index contributed by atoms with van der Waals surface area (Å²) in [4.78, 5) is 26.1. The molecule has 1 aliphatic carbocycles. The quantitative estimate of drug-likeness (QED) is 0.626. The molecule has 3 aromatic heterocycles. The Hall–Kier alpha value is -3.40. The number of aromatic nitrogens is 3. The van der Waals surface area contributed by atoms with Gasteiger partial charge < -0.3 is 29.4 Å². The van der Waals surface area contributed by atoms with E-state index >= 15 is 0 Å². The molecule has 0 saturated heterocycles. The third kappa shape index (κ3) is 3.74. The van der Waals surface area contributed by atoms with Gasteiger partial charge >= 0.3 is 0 Å². The molecule has 3 aromatic rings. The Morgan fingerprint density at radius 2 is 1.94 bits per heavy atom. The van der Waals surface area contributed by atoms with E-state index in [1.54, 1.807) is 11.1 Å². The van der Waals surface area contributed by atoms with Gasteiger partial charge in [0.15, 0.2) is 18.1 Å². The van der Waals surface area contributed by atoms with Gasteiger partial charge in [-0.25, -0.2) is 9.37 Å². The second-order valence-corrected chi connectivity index (χ2v) is 8.62. The van der Waals surface area contributed by atoms with Gasteiger partial charge in [-0.1, -0.05) is 0 Å². The minimum absolute atomic E-state index is 0.0164. The predicted molar refractivity (Wildman–Crippen MR) is 117 cm³/mol. The highest BCUT2D eigenvalue weighted by Crippen LogP contribution is 2.37. The summed E-state index contributed by atoms with van der Waals surface area (Å²) in [6, 6.07) is 3.70. The van der Waals surface area contributed by atoms with Crippen LogP contribution >= 0.6 is 0 Å². The van der Waals surface area contributed by atoms with Crippen LogP contribution in [0.2, 0.25) is 0 Å². The van der Waals surface area contributed by atoms with Crippen LogP contribution in [0.3, 0.4) is 0 Å². The summed E-state index contributed by atoms with van der Waals surface area (Å²) >= 11 is 0. The number of H-pyrrole nitrogens is 1. The number of fused-ring (bicyclic) bond motifs is 4. The minimum atomic E-state index is -0.474. The molecule has 1 saturated carbocycles. The van der Waals surface area contributed by atoms with Crippen LogP contribution in [-0.4, -0.2) is 52.8 Å². The summed E-state index contributed by atoms with van der Waals surface area (Å²) in [7, 11) is 0. The smallest absolute Gasteiger partial charge is 0.265 e. The Morgan fingerprint density at radius 1 is 1.09 bits per heavy atom. The SMILES string of the molecule is O=C1COc2ncc(F)cc2N1C1CCC(NCc2cc3ncc4c(c3[nH]2)OCCO4)CC1. The first-order chi connectivity index (χ1) is 16.2. The molecular formula is C23H24FN5O4. The predicted octanol–water partition coefficient (Wildman–Crippen LogP) is 2.69. The molecule has 33 heavy (non-hydrogen) atoms. The van der Waals surface area contributed by atoms with Crippen LogP contribution in [0.25, 0.3) is 11.0 Å². The fourth-order valence-electron chi connectivity index (χ4n) is 4.95. The van der Waals surface area contributed by atoms with Crippen molar-refractivity contribution in [1.82, 2.24) is 20.3 Å². The van der Waals surface area contributed by atoms with E-state index in [-0.39, 0.29) is 18.6 Å². The highest BCUT2D eigenvalue weighted by atomic mass is 19.1. The number of carbonyl (C=O) groups is 1. The Morgan fingerprint density at radius 3 is 2.82 bits per heavy atom. The van der Waals surface area contributed by atoms with Crippen LogP contribution in [0, 0.1) is 5.82 Å². The van der Waals surface area contributed by atoms with Gasteiger partial charge in [0, 0.05) is 30.4 Å². The second kappa shape index (κ2) is 8.18. The zero-order valence-electron chi connectivity index (χ0n) is 18.0. The molecule has 2 N–H and O–H groups in total. The van der Waals surface area contributed by atoms with Crippen molar-refractivity contribution in [2.75, 3.05) is 24.7 Å². The first-order valence-electron chi connectivity index (χ1n) is 11.3. The number of aromatic amines is 1. The van der Waals surface area contributed by atoms with Crippen molar-refractivity contribution in [2.24, 2.45) is 0 Å². The lowest BCUT2D eigenvalue weighted by molar-refractivity contribution is -0.122. The number of hydrogen-bond acceptors (Lipinski definition) is 7. The summed E-state index contributed by atoms with van der Waals surface area (Å²) in [5.41, 5.74) is 3.17. The zero-order chi connectivity index (χ0) is 22.4. The summed E-state index contributed by atoms with van der Waals surface area (Å²) in [6.07, 6.45) is 6.30. The molecule has 0 unspecified atom stereocenters. The van der Waals surface area contributed by atoms with Crippen LogP contribution in [-0.2, 0) is 11.3 Å². The minimum Gasteiger partial charge on any atom is -0.484 e. The Bertz CT molecular complexity index is 1210. The number of anilines is 1. The van der Waals surface area contributed by atoms with Crippen LogP contribution in [0.5, 0.6) is 17.4 Å². The van der Waals surface area contributed by atoms with Crippen molar-refractivity contribution >= 4 is 22.6 Å². The number of ether oxygens (including phenoxy) is 3.